The Labute approximate surface area is 119 Å². The van der Waals surface area contributed by atoms with Crippen LogP contribution < -0.4 is 0 Å². The summed E-state index contributed by atoms with van der Waals surface area (Å²) in [6, 6.07) is 4.39. The predicted molar refractivity (Wildman–Crippen MR) is 81.0 cm³/mol. The zero-order valence-corrected chi connectivity index (χ0v) is 13.4. The van der Waals surface area contributed by atoms with Crippen molar-refractivity contribution in [3.63, 3.8) is 0 Å². The molecular weight excluding hydrogens is 296 g/mol. The zero-order chi connectivity index (χ0) is 12.8. The second-order valence-corrected chi connectivity index (χ2v) is 6.16. The Kier molecular flexibility index (Phi) is 6.58. The SMILES string of the molecule is CCCCCCC(Cl)c1cc(C)c(Br)cc1C. The fourth-order valence-electron chi connectivity index (χ4n) is 2.05. The lowest BCUT2D eigenvalue weighted by atomic mass is 9.99. The second-order valence-electron chi connectivity index (χ2n) is 4.77. The Morgan fingerprint density at radius 3 is 2.47 bits per heavy atom. The molecule has 0 saturated heterocycles. The van der Waals surface area contributed by atoms with Gasteiger partial charge in [0.1, 0.15) is 0 Å². The van der Waals surface area contributed by atoms with Crippen LogP contribution in [0.1, 0.15) is 61.1 Å². The van der Waals surface area contributed by atoms with Crippen molar-refractivity contribution >= 4 is 27.5 Å². The van der Waals surface area contributed by atoms with Gasteiger partial charge in [-0.05, 0) is 43.0 Å². The lowest BCUT2D eigenvalue weighted by molar-refractivity contribution is 0.623. The quantitative estimate of drug-likeness (QED) is 0.425. The molecule has 0 aliphatic carbocycles. The summed E-state index contributed by atoms with van der Waals surface area (Å²) in [5.74, 6) is 0. The first-order chi connectivity index (χ1) is 8.06. The molecule has 0 saturated carbocycles. The molecule has 1 rings (SSSR count). The highest BCUT2D eigenvalue weighted by atomic mass is 79.9. The van der Waals surface area contributed by atoms with Crippen molar-refractivity contribution < 1.29 is 0 Å². The van der Waals surface area contributed by atoms with E-state index in [9.17, 15) is 0 Å². The maximum absolute atomic E-state index is 6.50. The molecule has 0 nitrogen and oxygen atoms in total. The van der Waals surface area contributed by atoms with Crippen LogP contribution >= 0.6 is 27.5 Å². The molecule has 0 aliphatic rings. The summed E-state index contributed by atoms with van der Waals surface area (Å²) in [4.78, 5) is 0. The molecule has 0 aliphatic heterocycles. The van der Waals surface area contributed by atoms with Crippen LogP contribution in [0.5, 0.6) is 0 Å². The summed E-state index contributed by atoms with van der Waals surface area (Å²) >= 11 is 10.1. The number of alkyl halides is 1. The van der Waals surface area contributed by atoms with Crippen LogP contribution in [0.25, 0.3) is 0 Å². The highest BCUT2D eigenvalue weighted by Gasteiger charge is 2.12. The summed E-state index contributed by atoms with van der Waals surface area (Å²) in [5.41, 5.74) is 3.85. The van der Waals surface area contributed by atoms with Gasteiger partial charge in [0.05, 0.1) is 5.38 Å². The van der Waals surface area contributed by atoms with E-state index in [1.807, 2.05) is 0 Å². The van der Waals surface area contributed by atoms with Gasteiger partial charge in [0.2, 0.25) is 0 Å². The van der Waals surface area contributed by atoms with Crippen molar-refractivity contribution in [1.82, 2.24) is 0 Å². The van der Waals surface area contributed by atoms with Crippen molar-refractivity contribution in [3.05, 3.63) is 33.3 Å². The normalized spacial score (nSPS) is 12.8. The molecule has 0 radical (unpaired) electrons. The van der Waals surface area contributed by atoms with Gasteiger partial charge in [0.25, 0.3) is 0 Å². The smallest absolute Gasteiger partial charge is 0.0587 e. The lowest BCUT2D eigenvalue weighted by Gasteiger charge is -2.14. The lowest BCUT2D eigenvalue weighted by Crippen LogP contribution is -1.96. The molecule has 1 aromatic carbocycles. The molecule has 1 atom stereocenters. The molecule has 17 heavy (non-hydrogen) atoms. The molecule has 0 spiro atoms. The summed E-state index contributed by atoms with van der Waals surface area (Å²) in [6.45, 7) is 6.50. The highest BCUT2D eigenvalue weighted by Crippen LogP contribution is 2.32. The average Bonchev–Trinajstić information content (AvgIpc) is 2.29. The minimum absolute atomic E-state index is 0.165. The summed E-state index contributed by atoms with van der Waals surface area (Å²) in [6.07, 6.45) is 6.22. The number of rotatable bonds is 6. The van der Waals surface area contributed by atoms with E-state index in [-0.39, 0.29) is 5.38 Å². The van der Waals surface area contributed by atoms with Gasteiger partial charge in [-0.1, -0.05) is 54.6 Å². The molecule has 2 heteroatoms. The monoisotopic (exact) mass is 316 g/mol. The van der Waals surface area contributed by atoms with Gasteiger partial charge >= 0.3 is 0 Å². The molecule has 1 unspecified atom stereocenters. The van der Waals surface area contributed by atoms with Crippen molar-refractivity contribution in [1.29, 1.82) is 0 Å². The molecule has 0 amide bonds. The Balaban J connectivity index is 2.62. The third kappa shape index (κ3) is 4.63. The van der Waals surface area contributed by atoms with Gasteiger partial charge in [-0.15, -0.1) is 11.6 Å². The topological polar surface area (TPSA) is 0 Å². The van der Waals surface area contributed by atoms with Crippen molar-refractivity contribution in [2.75, 3.05) is 0 Å². The molecule has 0 heterocycles. The standard InChI is InChI=1S/C15H22BrCl/c1-4-5-6-7-8-15(17)13-9-12(3)14(16)10-11(13)2/h9-10,15H,4-8H2,1-3H3. The molecule has 0 aromatic heterocycles. The van der Waals surface area contributed by atoms with E-state index >= 15 is 0 Å². The molecular formula is C15H22BrCl. The van der Waals surface area contributed by atoms with E-state index in [0.29, 0.717) is 0 Å². The summed E-state index contributed by atoms with van der Waals surface area (Å²) < 4.78 is 1.17. The number of unbranched alkanes of at least 4 members (excludes halogenated alkanes) is 3. The van der Waals surface area contributed by atoms with Gasteiger partial charge in [-0.25, -0.2) is 0 Å². The second kappa shape index (κ2) is 7.43. The molecule has 0 N–H and O–H groups in total. The van der Waals surface area contributed by atoms with Gasteiger partial charge in [0, 0.05) is 4.47 Å². The molecule has 0 bridgehead atoms. The zero-order valence-electron chi connectivity index (χ0n) is 11.0. The summed E-state index contributed by atoms with van der Waals surface area (Å²) in [7, 11) is 0. The van der Waals surface area contributed by atoms with Crippen LogP contribution in [-0.2, 0) is 0 Å². The molecule has 96 valence electrons. The van der Waals surface area contributed by atoms with E-state index in [0.717, 1.165) is 6.42 Å². The van der Waals surface area contributed by atoms with Crippen LogP contribution in [0.2, 0.25) is 0 Å². The Morgan fingerprint density at radius 1 is 1.12 bits per heavy atom. The summed E-state index contributed by atoms with van der Waals surface area (Å²) in [5, 5.41) is 0.165. The number of halogens is 2. The van der Waals surface area contributed by atoms with E-state index in [1.54, 1.807) is 0 Å². The van der Waals surface area contributed by atoms with Crippen LogP contribution in [0.15, 0.2) is 16.6 Å². The third-order valence-corrected chi connectivity index (χ3v) is 4.50. The number of hydrogen-bond acceptors (Lipinski definition) is 0. The van der Waals surface area contributed by atoms with E-state index in [4.69, 9.17) is 11.6 Å². The Hall–Kier alpha value is -0.0100. The minimum atomic E-state index is 0.165. The maximum Gasteiger partial charge on any atom is 0.0587 e. The van der Waals surface area contributed by atoms with Crippen LogP contribution in [0, 0.1) is 13.8 Å². The first-order valence-electron chi connectivity index (χ1n) is 6.47. The first-order valence-corrected chi connectivity index (χ1v) is 7.70. The molecule has 0 fully saturated rings. The largest absolute Gasteiger partial charge is 0.118 e. The van der Waals surface area contributed by atoms with E-state index in [2.05, 4.69) is 48.8 Å². The fraction of sp³-hybridized carbons (Fsp3) is 0.600. The van der Waals surface area contributed by atoms with Crippen LogP contribution in [0.3, 0.4) is 0 Å². The van der Waals surface area contributed by atoms with E-state index in [1.165, 1.54) is 46.8 Å². The Morgan fingerprint density at radius 2 is 1.82 bits per heavy atom. The van der Waals surface area contributed by atoms with Crippen LogP contribution in [-0.4, -0.2) is 0 Å². The minimum Gasteiger partial charge on any atom is -0.118 e. The third-order valence-electron chi connectivity index (χ3n) is 3.20. The number of hydrogen-bond donors (Lipinski definition) is 0. The molecule has 1 aromatic rings. The van der Waals surface area contributed by atoms with Gasteiger partial charge in [-0.2, -0.15) is 0 Å². The highest BCUT2D eigenvalue weighted by molar-refractivity contribution is 9.10. The van der Waals surface area contributed by atoms with Crippen molar-refractivity contribution in [2.45, 2.75) is 58.3 Å². The Bertz CT molecular complexity index is 360. The van der Waals surface area contributed by atoms with Crippen molar-refractivity contribution in [3.8, 4) is 0 Å². The first kappa shape index (κ1) is 15.0. The van der Waals surface area contributed by atoms with Crippen LogP contribution in [0.4, 0.5) is 0 Å². The maximum atomic E-state index is 6.50. The number of aryl methyl sites for hydroxylation is 2. The number of benzene rings is 1. The van der Waals surface area contributed by atoms with E-state index < -0.39 is 0 Å². The fourth-order valence-corrected chi connectivity index (χ4v) is 2.89. The van der Waals surface area contributed by atoms with Gasteiger partial charge in [0.15, 0.2) is 0 Å². The average molecular weight is 318 g/mol. The van der Waals surface area contributed by atoms with Gasteiger partial charge in [-0.3, -0.25) is 0 Å². The van der Waals surface area contributed by atoms with Crippen molar-refractivity contribution in [2.24, 2.45) is 0 Å². The predicted octanol–water partition coefficient (Wildman–Crippen LogP) is 6.32. The van der Waals surface area contributed by atoms with Gasteiger partial charge < -0.3 is 0 Å².